The minimum atomic E-state index is -1.26. The van der Waals surface area contributed by atoms with Crippen molar-refractivity contribution in [2.45, 2.75) is 110 Å². The first-order valence-corrected chi connectivity index (χ1v) is 13.7. The molecule has 0 spiro atoms. The fourth-order valence-corrected chi connectivity index (χ4v) is 5.69. The summed E-state index contributed by atoms with van der Waals surface area (Å²) in [7, 11) is 0. The molecule has 9 heteroatoms. The number of thiazole rings is 1. The number of cyclic esters (lactones) is 1. The molecule has 2 fully saturated rings. The minimum absolute atomic E-state index is 0.0860. The molecule has 1 aromatic rings. The summed E-state index contributed by atoms with van der Waals surface area (Å²) in [6.07, 6.45) is 1.60. The van der Waals surface area contributed by atoms with Gasteiger partial charge in [-0.1, -0.05) is 34.1 Å². The van der Waals surface area contributed by atoms with Crippen LogP contribution in [-0.4, -0.2) is 62.1 Å². The summed E-state index contributed by atoms with van der Waals surface area (Å²) in [5.41, 5.74) is -0.0964. The lowest BCUT2D eigenvalue weighted by Gasteiger charge is -2.34. The highest BCUT2D eigenvalue weighted by molar-refractivity contribution is 7.09. The monoisotopic (exact) mass is 523 g/mol. The topological polar surface area (TPSA) is 129 Å². The van der Waals surface area contributed by atoms with Gasteiger partial charge in [0, 0.05) is 17.7 Å². The molecular weight excluding hydrogens is 482 g/mol. The SMILES string of the molecule is C/C(=C/c1csc(CO)n1)[C@@H]1C[C@@H]2O[C@]2(C)CCC[C@H](C)[C@@H](O)[C@@H](C)C(=O)C(C)(C)[C@@H](O)CC(=O)O1. The molecule has 7 atom stereocenters. The first kappa shape index (κ1) is 28.9. The highest BCUT2D eigenvalue weighted by Gasteiger charge is 2.53. The molecule has 2 aliphatic rings. The maximum Gasteiger partial charge on any atom is 0.309 e. The summed E-state index contributed by atoms with van der Waals surface area (Å²) in [5, 5.41) is 33.4. The standard InChI is InChI=1S/C27H41NO7S/c1-15-8-7-9-27(6)21(35-27)11-19(16(2)10-18-14-36-22(13-29)28-18)34-23(31)12-20(30)26(4,5)25(33)17(3)24(15)32/h10,14-15,17,19-21,24,29-30,32H,7-9,11-13H2,1-6H3/b16-10-/t15-,17+,19-,20-,21-,24+,27+/m0/s1. The molecule has 0 radical (unpaired) electrons. The molecule has 0 amide bonds. The van der Waals surface area contributed by atoms with Crippen LogP contribution in [0.5, 0.6) is 0 Å². The number of Topliss-reactive ketones (excluding diaryl/α,β-unsaturated/α-hetero) is 1. The molecule has 36 heavy (non-hydrogen) atoms. The molecule has 0 bridgehead atoms. The lowest BCUT2D eigenvalue weighted by Crippen LogP contribution is -2.45. The average molecular weight is 524 g/mol. The molecular formula is C27H41NO7S. The van der Waals surface area contributed by atoms with Gasteiger partial charge in [-0.2, -0.15) is 0 Å². The Morgan fingerprint density at radius 1 is 1.25 bits per heavy atom. The smallest absolute Gasteiger partial charge is 0.309 e. The molecule has 1 aromatic heterocycles. The lowest BCUT2D eigenvalue weighted by atomic mass is 9.73. The predicted octanol–water partition coefficient (Wildman–Crippen LogP) is 3.66. The van der Waals surface area contributed by atoms with E-state index in [-0.39, 0.29) is 36.4 Å². The van der Waals surface area contributed by atoms with Crippen LogP contribution < -0.4 is 0 Å². The number of carbonyl (C=O) groups excluding carboxylic acids is 2. The summed E-state index contributed by atoms with van der Waals surface area (Å²) in [4.78, 5) is 30.5. The Bertz CT molecular complexity index is 973. The second-order valence-corrected chi connectivity index (χ2v) is 12.2. The average Bonchev–Trinajstić information content (AvgIpc) is 3.23. The van der Waals surface area contributed by atoms with Gasteiger partial charge in [-0.25, -0.2) is 4.98 Å². The largest absolute Gasteiger partial charge is 0.458 e. The van der Waals surface area contributed by atoms with Crippen molar-refractivity contribution in [3.05, 3.63) is 21.7 Å². The first-order valence-electron chi connectivity index (χ1n) is 12.8. The Labute approximate surface area is 217 Å². The van der Waals surface area contributed by atoms with Crippen molar-refractivity contribution in [1.82, 2.24) is 4.98 Å². The van der Waals surface area contributed by atoms with Gasteiger partial charge in [0.15, 0.2) is 0 Å². The van der Waals surface area contributed by atoms with Gasteiger partial charge in [-0.15, -0.1) is 11.3 Å². The van der Waals surface area contributed by atoms with E-state index < -0.39 is 35.6 Å². The van der Waals surface area contributed by atoms with Crippen LogP contribution in [0.3, 0.4) is 0 Å². The summed E-state index contributed by atoms with van der Waals surface area (Å²) < 4.78 is 11.9. The number of ketones is 1. The highest BCUT2D eigenvalue weighted by Crippen LogP contribution is 2.45. The van der Waals surface area contributed by atoms with Crippen LogP contribution in [0.1, 0.15) is 84.3 Å². The third kappa shape index (κ3) is 6.61. The van der Waals surface area contributed by atoms with Gasteiger partial charge in [0.25, 0.3) is 0 Å². The third-order valence-corrected chi connectivity index (χ3v) is 8.85. The first-order chi connectivity index (χ1) is 16.8. The molecule has 8 nitrogen and oxygen atoms in total. The second kappa shape index (κ2) is 11.4. The van der Waals surface area contributed by atoms with Crippen LogP contribution in [-0.2, 0) is 25.7 Å². The van der Waals surface area contributed by atoms with Gasteiger partial charge in [-0.3, -0.25) is 9.59 Å². The maximum atomic E-state index is 13.2. The zero-order valence-corrected chi connectivity index (χ0v) is 23.0. The third-order valence-electron chi connectivity index (χ3n) is 8.00. The molecule has 0 saturated carbocycles. The Balaban J connectivity index is 1.85. The van der Waals surface area contributed by atoms with Gasteiger partial charge in [0.05, 0.1) is 48.0 Å². The predicted molar refractivity (Wildman–Crippen MR) is 137 cm³/mol. The van der Waals surface area contributed by atoms with Crippen molar-refractivity contribution in [2.75, 3.05) is 0 Å². The number of aliphatic hydroxyl groups is 3. The van der Waals surface area contributed by atoms with E-state index in [0.29, 0.717) is 17.1 Å². The van der Waals surface area contributed by atoms with Gasteiger partial charge < -0.3 is 24.8 Å². The van der Waals surface area contributed by atoms with E-state index in [1.807, 2.05) is 32.2 Å². The van der Waals surface area contributed by atoms with Crippen molar-refractivity contribution < 1.29 is 34.4 Å². The summed E-state index contributed by atoms with van der Waals surface area (Å²) in [6, 6.07) is 0. The van der Waals surface area contributed by atoms with E-state index in [2.05, 4.69) is 4.98 Å². The number of aromatic nitrogens is 1. The second-order valence-electron chi connectivity index (χ2n) is 11.3. The fraction of sp³-hybridized carbons (Fsp3) is 0.741. The molecule has 2 aliphatic heterocycles. The molecule has 3 heterocycles. The number of hydrogen-bond donors (Lipinski definition) is 3. The van der Waals surface area contributed by atoms with Gasteiger partial charge in [-0.05, 0) is 44.3 Å². The Hall–Kier alpha value is -1.65. The normalized spacial score (nSPS) is 36.8. The van der Waals surface area contributed by atoms with Crippen LogP contribution in [0.15, 0.2) is 11.0 Å². The fourth-order valence-electron chi connectivity index (χ4n) is 5.08. The Morgan fingerprint density at radius 2 is 1.94 bits per heavy atom. The molecule has 202 valence electrons. The van der Waals surface area contributed by atoms with Gasteiger partial charge in [0.2, 0.25) is 0 Å². The van der Waals surface area contributed by atoms with Crippen LogP contribution in [0.25, 0.3) is 6.08 Å². The minimum Gasteiger partial charge on any atom is -0.458 e. The number of ether oxygens (including phenoxy) is 2. The van der Waals surface area contributed by atoms with Crippen LogP contribution in [0.2, 0.25) is 0 Å². The van der Waals surface area contributed by atoms with E-state index in [1.165, 1.54) is 11.3 Å². The number of rotatable bonds is 3. The number of fused-ring (bicyclic) bond motifs is 1. The van der Waals surface area contributed by atoms with Crippen molar-refractivity contribution in [1.29, 1.82) is 0 Å². The van der Waals surface area contributed by atoms with E-state index >= 15 is 0 Å². The maximum absolute atomic E-state index is 13.2. The number of aliphatic hydroxyl groups excluding tert-OH is 3. The lowest BCUT2D eigenvalue weighted by molar-refractivity contribution is -0.154. The molecule has 0 aromatic carbocycles. The zero-order valence-electron chi connectivity index (χ0n) is 22.2. The number of hydrogen-bond acceptors (Lipinski definition) is 9. The highest BCUT2D eigenvalue weighted by atomic mass is 32.1. The van der Waals surface area contributed by atoms with Crippen LogP contribution in [0.4, 0.5) is 0 Å². The van der Waals surface area contributed by atoms with Crippen molar-refractivity contribution in [3.63, 3.8) is 0 Å². The van der Waals surface area contributed by atoms with Crippen molar-refractivity contribution >= 4 is 29.2 Å². The zero-order chi connectivity index (χ0) is 26.8. The van der Waals surface area contributed by atoms with E-state index in [9.17, 15) is 24.9 Å². The van der Waals surface area contributed by atoms with E-state index in [4.69, 9.17) is 9.47 Å². The van der Waals surface area contributed by atoms with Crippen molar-refractivity contribution in [3.8, 4) is 0 Å². The Kier molecular flexibility index (Phi) is 9.15. The van der Waals surface area contributed by atoms with Gasteiger partial charge >= 0.3 is 5.97 Å². The van der Waals surface area contributed by atoms with E-state index in [1.54, 1.807) is 20.8 Å². The van der Waals surface area contributed by atoms with E-state index in [0.717, 1.165) is 24.8 Å². The molecule has 0 unspecified atom stereocenters. The summed E-state index contributed by atoms with van der Waals surface area (Å²) in [6.45, 7) is 10.6. The summed E-state index contributed by atoms with van der Waals surface area (Å²) >= 11 is 1.35. The van der Waals surface area contributed by atoms with Crippen LogP contribution in [0, 0.1) is 17.3 Å². The molecule has 2 saturated heterocycles. The molecule has 3 N–H and O–H groups in total. The Morgan fingerprint density at radius 3 is 2.58 bits per heavy atom. The van der Waals surface area contributed by atoms with Crippen LogP contribution >= 0.6 is 11.3 Å². The van der Waals surface area contributed by atoms with Crippen molar-refractivity contribution in [2.24, 2.45) is 17.3 Å². The summed E-state index contributed by atoms with van der Waals surface area (Å²) in [5.74, 6) is -1.64. The number of esters is 1. The van der Waals surface area contributed by atoms with Gasteiger partial charge in [0.1, 0.15) is 16.9 Å². The number of nitrogens with zero attached hydrogens (tertiary/aromatic N) is 1. The molecule has 3 rings (SSSR count). The number of epoxide rings is 1. The quantitative estimate of drug-likeness (QED) is 0.404. The number of carbonyl (C=O) groups is 2. The molecule has 0 aliphatic carbocycles.